The van der Waals surface area contributed by atoms with Crippen molar-refractivity contribution in [1.82, 2.24) is 19.3 Å². The van der Waals surface area contributed by atoms with Crippen molar-refractivity contribution in [1.29, 1.82) is 0 Å². The molecule has 29 heavy (non-hydrogen) atoms. The van der Waals surface area contributed by atoms with Gasteiger partial charge in [0.05, 0.1) is 33.7 Å². The number of aromatic nitrogens is 4. The number of carbonyl (C=O) groups excluding carboxylic acids is 1. The molecule has 2 aromatic heterocycles. The molecule has 7 nitrogen and oxygen atoms in total. The summed E-state index contributed by atoms with van der Waals surface area (Å²) in [4.78, 5) is 30.1. The number of rotatable bonds is 6. The van der Waals surface area contributed by atoms with Crippen LogP contribution in [0.2, 0.25) is 5.02 Å². The molecule has 1 amide bonds. The van der Waals surface area contributed by atoms with Gasteiger partial charge in [0.15, 0.2) is 5.16 Å². The molecule has 1 aromatic carbocycles. The van der Waals surface area contributed by atoms with Gasteiger partial charge in [-0.2, -0.15) is 5.10 Å². The summed E-state index contributed by atoms with van der Waals surface area (Å²) in [6.07, 6.45) is 0. The van der Waals surface area contributed by atoms with Crippen LogP contribution in [0.5, 0.6) is 0 Å². The van der Waals surface area contributed by atoms with Gasteiger partial charge in [-0.25, -0.2) is 4.98 Å². The molecule has 0 aliphatic carbocycles. The quantitative estimate of drug-likeness (QED) is 0.472. The SMILES string of the molecule is Cc1nn(C)c(C)c1NC(=O)CSc1nc2ccc(Cl)cc2c(=O)n1CC(C)C. The highest BCUT2D eigenvalue weighted by Crippen LogP contribution is 2.23. The molecule has 3 rings (SSSR count). The second-order valence-electron chi connectivity index (χ2n) is 7.37. The maximum absolute atomic E-state index is 13.0. The smallest absolute Gasteiger partial charge is 0.262 e. The highest BCUT2D eigenvalue weighted by atomic mass is 35.5. The number of fused-ring (bicyclic) bond motifs is 1. The summed E-state index contributed by atoms with van der Waals surface area (Å²) in [6, 6.07) is 5.07. The van der Waals surface area contributed by atoms with Crippen molar-refractivity contribution in [3.05, 3.63) is 45.0 Å². The molecular weight excluding hydrogens is 410 g/mol. The van der Waals surface area contributed by atoms with Crippen LogP contribution in [-0.4, -0.2) is 31.0 Å². The number of halogens is 1. The molecule has 0 atom stereocenters. The van der Waals surface area contributed by atoms with Crippen LogP contribution in [0.25, 0.3) is 10.9 Å². The van der Waals surface area contributed by atoms with Gasteiger partial charge in [0.25, 0.3) is 5.56 Å². The zero-order valence-electron chi connectivity index (χ0n) is 17.1. The first-order valence-electron chi connectivity index (χ1n) is 9.30. The minimum Gasteiger partial charge on any atom is -0.322 e. The lowest BCUT2D eigenvalue weighted by atomic mass is 10.2. The number of nitrogens with zero attached hydrogens (tertiary/aromatic N) is 4. The van der Waals surface area contributed by atoms with Crippen molar-refractivity contribution in [3.8, 4) is 0 Å². The van der Waals surface area contributed by atoms with E-state index in [9.17, 15) is 9.59 Å². The van der Waals surface area contributed by atoms with Crippen molar-refractivity contribution in [2.24, 2.45) is 13.0 Å². The van der Waals surface area contributed by atoms with Crippen LogP contribution >= 0.6 is 23.4 Å². The molecule has 154 valence electrons. The normalized spacial score (nSPS) is 11.4. The maximum Gasteiger partial charge on any atom is 0.262 e. The zero-order valence-corrected chi connectivity index (χ0v) is 18.7. The summed E-state index contributed by atoms with van der Waals surface area (Å²) in [5, 5.41) is 8.72. The minimum atomic E-state index is -0.171. The highest BCUT2D eigenvalue weighted by Gasteiger charge is 2.16. The topological polar surface area (TPSA) is 81.8 Å². The molecule has 0 fully saturated rings. The monoisotopic (exact) mass is 433 g/mol. The van der Waals surface area contributed by atoms with Crippen LogP contribution in [0, 0.1) is 19.8 Å². The van der Waals surface area contributed by atoms with E-state index in [1.165, 1.54) is 11.8 Å². The molecule has 2 heterocycles. The number of benzene rings is 1. The van der Waals surface area contributed by atoms with E-state index in [-0.39, 0.29) is 23.1 Å². The minimum absolute atomic E-state index is 0.136. The van der Waals surface area contributed by atoms with E-state index in [1.807, 2.05) is 34.7 Å². The molecule has 0 aliphatic rings. The third-order valence-electron chi connectivity index (χ3n) is 4.53. The predicted molar refractivity (Wildman–Crippen MR) is 118 cm³/mol. The van der Waals surface area contributed by atoms with E-state index < -0.39 is 0 Å². The Bertz CT molecular complexity index is 1140. The Morgan fingerprint density at radius 1 is 1.31 bits per heavy atom. The number of thioether (sulfide) groups is 1. The second kappa shape index (κ2) is 8.59. The molecule has 0 bridgehead atoms. The fraction of sp³-hybridized carbons (Fsp3) is 0.400. The van der Waals surface area contributed by atoms with Gasteiger partial charge in [0.1, 0.15) is 0 Å². The van der Waals surface area contributed by atoms with Crippen LogP contribution in [0.4, 0.5) is 5.69 Å². The van der Waals surface area contributed by atoms with Crippen LogP contribution in [0.3, 0.4) is 0 Å². The standard InChI is InChI=1S/C20H24ClN5O2S/c1-11(2)9-26-19(28)15-8-14(21)6-7-16(15)22-20(26)29-10-17(27)23-18-12(3)24-25(5)13(18)4/h6-8,11H,9-10H2,1-5H3,(H,23,27). The third kappa shape index (κ3) is 4.64. The Morgan fingerprint density at radius 3 is 2.66 bits per heavy atom. The molecule has 0 saturated heterocycles. The van der Waals surface area contributed by atoms with E-state index in [1.54, 1.807) is 27.4 Å². The maximum atomic E-state index is 13.0. The molecule has 1 N–H and O–H groups in total. The first-order chi connectivity index (χ1) is 13.7. The molecule has 0 spiro atoms. The van der Waals surface area contributed by atoms with E-state index in [2.05, 4.69) is 15.4 Å². The molecule has 0 unspecified atom stereocenters. The first kappa shape index (κ1) is 21.4. The lowest BCUT2D eigenvalue weighted by molar-refractivity contribution is -0.113. The van der Waals surface area contributed by atoms with Gasteiger partial charge in [0.2, 0.25) is 5.91 Å². The molecule has 0 aliphatic heterocycles. The van der Waals surface area contributed by atoms with Crippen molar-refractivity contribution in [2.45, 2.75) is 39.4 Å². The van der Waals surface area contributed by atoms with E-state index in [0.29, 0.717) is 27.6 Å². The van der Waals surface area contributed by atoms with Gasteiger partial charge < -0.3 is 5.32 Å². The zero-order chi connectivity index (χ0) is 21.3. The van der Waals surface area contributed by atoms with Crippen molar-refractivity contribution >= 4 is 45.9 Å². The van der Waals surface area contributed by atoms with E-state index >= 15 is 0 Å². The molecule has 0 saturated carbocycles. The molecule has 0 radical (unpaired) electrons. The lowest BCUT2D eigenvalue weighted by Crippen LogP contribution is -2.26. The first-order valence-corrected chi connectivity index (χ1v) is 10.7. The molecule has 9 heteroatoms. The van der Waals surface area contributed by atoms with Gasteiger partial charge in [-0.3, -0.25) is 18.8 Å². The fourth-order valence-corrected chi connectivity index (χ4v) is 4.05. The van der Waals surface area contributed by atoms with Gasteiger partial charge in [-0.1, -0.05) is 37.2 Å². The summed E-state index contributed by atoms with van der Waals surface area (Å²) >= 11 is 7.30. The Kier molecular flexibility index (Phi) is 6.33. The summed E-state index contributed by atoms with van der Waals surface area (Å²) in [5.41, 5.74) is 2.80. The largest absolute Gasteiger partial charge is 0.322 e. The van der Waals surface area contributed by atoms with Crippen LogP contribution in [0.15, 0.2) is 28.2 Å². The van der Waals surface area contributed by atoms with Crippen molar-refractivity contribution in [2.75, 3.05) is 11.1 Å². The average molecular weight is 434 g/mol. The predicted octanol–water partition coefficient (Wildman–Crippen LogP) is 3.79. The van der Waals surface area contributed by atoms with Crippen LogP contribution in [-0.2, 0) is 18.4 Å². The van der Waals surface area contributed by atoms with Gasteiger partial charge in [0, 0.05) is 18.6 Å². The van der Waals surface area contributed by atoms with Crippen LogP contribution in [0.1, 0.15) is 25.2 Å². The number of aryl methyl sites for hydroxylation is 2. The summed E-state index contributed by atoms with van der Waals surface area (Å²) in [5.74, 6) is 0.216. The fourth-order valence-electron chi connectivity index (χ4n) is 3.07. The molecule has 3 aromatic rings. The lowest BCUT2D eigenvalue weighted by Gasteiger charge is -2.15. The average Bonchev–Trinajstić information content (AvgIpc) is 2.89. The second-order valence-corrected chi connectivity index (χ2v) is 8.75. The molecular formula is C20H24ClN5O2S. The summed E-state index contributed by atoms with van der Waals surface area (Å²) in [6.45, 7) is 8.33. The van der Waals surface area contributed by atoms with E-state index in [0.717, 1.165) is 17.1 Å². The Balaban J connectivity index is 1.87. The Labute approximate surface area is 178 Å². The van der Waals surface area contributed by atoms with Gasteiger partial charge in [-0.15, -0.1) is 0 Å². The van der Waals surface area contributed by atoms with Crippen LogP contribution < -0.4 is 10.9 Å². The Hall–Kier alpha value is -2.32. The number of carbonyl (C=O) groups is 1. The number of anilines is 1. The number of hydrogen-bond donors (Lipinski definition) is 1. The summed E-state index contributed by atoms with van der Waals surface area (Å²) in [7, 11) is 1.84. The van der Waals surface area contributed by atoms with E-state index in [4.69, 9.17) is 11.6 Å². The van der Waals surface area contributed by atoms with Crippen molar-refractivity contribution < 1.29 is 4.79 Å². The van der Waals surface area contributed by atoms with Crippen molar-refractivity contribution in [3.63, 3.8) is 0 Å². The Morgan fingerprint density at radius 2 is 2.03 bits per heavy atom. The highest BCUT2D eigenvalue weighted by molar-refractivity contribution is 7.99. The van der Waals surface area contributed by atoms with Gasteiger partial charge in [-0.05, 0) is 38.0 Å². The number of nitrogens with one attached hydrogen (secondary N) is 1. The summed E-state index contributed by atoms with van der Waals surface area (Å²) < 4.78 is 3.36. The van der Waals surface area contributed by atoms with Gasteiger partial charge >= 0.3 is 0 Å². The third-order valence-corrected chi connectivity index (χ3v) is 5.75. The number of hydrogen-bond acceptors (Lipinski definition) is 5. The number of amides is 1.